The number of amides is 2. The predicted molar refractivity (Wildman–Crippen MR) is 274 cm³/mol. The lowest BCUT2D eigenvalue weighted by Crippen LogP contribution is -2.60. The molecule has 6 aromatic rings. The molecule has 6 aromatic carbocycles. The number of piperidine rings is 2. The van der Waals surface area contributed by atoms with Gasteiger partial charge in [-0.15, -0.1) is 0 Å². The van der Waals surface area contributed by atoms with Crippen molar-refractivity contribution >= 4 is 24.1 Å². The van der Waals surface area contributed by atoms with Crippen molar-refractivity contribution in [2.45, 2.75) is 101 Å². The van der Waals surface area contributed by atoms with Crippen molar-refractivity contribution < 1.29 is 56.4 Å². The number of esters is 2. The Hall–Kier alpha value is -8.76. The maximum atomic E-state index is 13.9. The van der Waals surface area contributed by atoms with E-state index < -0.39 is 47.3 Å². The van der Waals surface area contributed by atoms with E-state index in [0.29, 0.717) is 48.3 Å². The summed E-state index contributed by atoms with van der Waals surface area (Å²) < 4.78 is 60.8. The Morgan fingerprint density at radius 2 is 0.868 bits per heavy atom. The number of nitrogens with zero attached hydrogens (tertiary/aromatic N) is 4. The van der Waals surface area contributed by atoms with E-state index in [0.717, 1.165) is 22.3 Å². The molecule has 0 unspecified atom stereocenters. The van der Waals surface area contributed by atoms with Gasteiger partial charge in [0.25, 0.3) is 0 Å². The van der Waals surface area contributed by atoms with Gasteiger partial charge in [0.15, 0.2) is 11.1 Å². The monoisotopic (exact) mass is 1030 g/mol. The first-order valence-corrected chi connectivity index (χ1v) is 24.8. The third kappa shape index (κ3) is 13.1. The highest BCUT2D eigenvalue weighted by Crippen LogP contribution is 2.45. The van der Waals surface area contributed by atoms with Gasteiger partial charge < -0.3 is 28.4 Å². The van der Waals surface area contributed by atoms with Crippen LogP contribution in [-0.4, -0.2) is 59.2 Å². The van der Waals surface area contributed by atoms with Crippen LogP contribution in [0.15, 0.2) is 158 Å². The number of methoxy groups -OCH3 is 2. The average Bonchev–Trinajstić information content (AvgIpc) is 3.48. The van der Waals surface area contributed by atoms with Crippen LogP contribution in [0.5, 0.6) is 11.5 Å². The second-order valence-corrected chi connectivity index (χ2v) is 18.3. The van der Waals surface area contributed by atoms with Gasteiger partial charge >= 0.3 is 24.1 Å². The molecule has 392 valence electrons. The Balaban J connectivity index is 0.000000221. The molecule has 0 aromatic heterocycles. The third-order valence-corrected chi connectivity index (χ3v) is 13.6. The zero-order valence-corrected chi connectivity index (χ0v) is 42.3. The van der Waals surface area contributed by atoms with Crippen molar-refractivity contribution in [3.63, 3.8) is 0 Å². The highest BCUT2D eigenvalue weighted by atomic mass is 19.1. The van der Waals surface area contributed by atoms with E-state index in [1.165, 1.54) is 36.2 Å². The number of carbonyl (C=O) groups is 4. The summed E-state index contributed by atoms with van der Waals surface area (Å²) in [6.45, 7) is 0.188. The number of hydrogen-bond donors (Lipinski definition) is 0. The summed E-state index contributed by atoms with van der Waals surface area (Å²) in [4.78, 5) is 56.0. The highest BCUT2D eigenvalue weighted by Gasteiger charge is 2.55. The zero-order valence-electron chi connectivity index (χ0n) is 42.3. The fraction of sp³-hybridized carbons (Fsp3) is 0.300. The van der Waals surface area contributed by atoms with Crippen LogP contribution < -0.4 is 9.47 Å². The quantitative estimate of drug-likeness (QED) is 0.0663. The van der Waals surface area contributed by atoms with E-state index in [4.69, 9.17) is 28.4 Å². The molecule has 2 aliphatic rings. The second-order valence-electron chi connectivity index (χ2n) is 18.3. The molecule has 4 atom stereocenters. The molecule has 14 nitrogen and oxygen atoms in total. The molecular weight excluding hydrogens is 975 g/mol. The van der Waals surface area contributed by atoms with Crippen LogP contribution in [0.2, 0.25) is 0 Å². The molecule has 0 radical (unpaired) electrons. The van der Waals surface area contributed by atoms with Crippen molar-refractivity contribution in [2.24, 2.45) is 0 Å². The summed E-state index contributed by atoms with van der Waals surface area (Å²) in [5.74, 6) is -0.916. The zero-order chi connectivity index (χ0) is 53.9. The first-order chi connectivity index (χ1) is 37.0. The number of likely N-dealkylation sites (tertiary alicyclic amines) is 2. The van der Waals surface area contributed by atoms with E-state index in [-0.39, 0.29) is 63.7 Å². The van der Waals surface area contributed by atoms with Gasteiger partial charge in [0.1, 0.15) is 49.6 Å². The summed E-state index contributed by atoms with van der Waals surface area (Å²) in [6.07, 6.45) is 1.09. The van der Waals surface area contributed by atoms with Crippen LogP contribution in [0.3, 0.4) is 0 Å². The SMILES string of the molecule is COC(=O)[C@@]1(CC#N)CCC[C@@H](c2ccc(OCc3ccccc3F)cc2)N1C(=O)OCc1ccccc1.COC(=O)[C@]1(CC#N)CCC[C@H](c2ccc(OCc3ccccc3F)cc2)N1C(=O)OCc1ccccc1. The van der Waals surface area contributed by atoms with Gasteiger partial charge in [0.05, 0.1) is 51.3 Å². The maximum Gasteiger partial charge on any atom is 0.411 e. The Morgan fingerprint density at radius 1 is 0.513 bits per heavy atom. The lowest BCUT2D eigenvalue weighted by Gasteiger charge is -2.47. The van der Waals surface area contributed by atoms with Crippen molar-refractivity contribution in [3.05, 3.63) is 203 Å². The summed E-state index contributed by atoms with van der Waals surface area (Å²) in [5, 5.41) is 19.2. The lowest BCUT2D eigenvalue weighted by atomic mass is 9.79. The molecule has 0 saturated carbocycles. The summed E-state index contributed by atoms with van der Waals surface area (Å²) in [6, 6.07) is 48.5. The Bertz CT molecular complexity index is 2790. The van der Waals surface area contributed by atoms with E-state index in [1.54, 1.807) is 84.9 Å². The fourth-order valence-electron chi connectivity index (χ4n) is 9.74. The number of carbonyl (C=O) groups excluding carboxylic acids is 4. The molecule has 2 aliphatic heterocycles. The molecule has 2 heterocycles. The van der Waals surface area contributed by atoms with Gasteiger partial charge in [-0.3, -0.25) is 9.80 Å². The highest BCUT2D eigenvalue weighted by molar-refractivity contribution is 5.87. The standard InChI is InChI=1S/2C30H29FN2O5/c2*1-36-28(34)30(18-19-32)17-7-12-27(33(30)29(35)38-20-22-8-3-2-4-9-22)23-13-15-25(16-14-23)37-21-24-10-5-6-11-26(24)31/h2*2-6,8-11,13-16,27H,7,12,17-18,20-21H2,1H3/t2*27-,30-/m10/s1. The molecule has 2 amide bonds. The van der Waals surface area contributed by atoms with Gasteiger partial charge in [0.2, 0.25) is 0 Å². The van der Waals surface area contributed by atoms with E-state index >= 15 is 0 Å². The molecule has 0 bridgehead atoms. The first-order valence-electron chi connectivity index (χ1n) is 24.8. The van der Waals surface area contributed by atoms with Crippen LogP contribution in [0.4, 0.5) is 18.4 Å². The number of nitriles is 2. The van der Waals surface area contributed by atoms with Gasteiger partial charge in [-0.05, 0) is 97.2 Å². The van der Waals surface area contributed by atoms with Crippen LogP contribution in [-0.2, 0) is 55.0 Å². The maximum absolute atomic E-state index is 13.9. The number of benzene rings is 6. The van der Waals surface area contributed by atoms with Crippen LogP contribution in [0.1, 0.15) is 96.8 Å². The lowest BCUT2D eigenvalue weighted by molar-refractivity contribution is -0.159. The molecule has 0 spiro atoms. The van der Waals surface area contributed by atoms with Crippen molar-refractivity contribution in [1.82, 2.24) is 9.80 Å². The van der Waals surface area contributed by atoms with Crippen molar-refractivity contribution in [2.75, 3.05) is 14.2 Å². The third-order valence-electron chi connectivity index (χ3n) is 13.6. The van der Waals surface area contributed by atoms with Gasteiger partial charge in [0, 0.05) is 11.1 Å². The van der Waals surface area contributed by atoms with Gasteiger partial charge in [-0.2, -0.15) is 10.5 Å². The van der Waals surface area contributed by atoms with Crippen molar-refractivity contribution in [3.8, 4) is 23.6 Å². The second kappa shape index (κ2) is 26.5. The largest absolute Gasteiger partial charge is 0.489 e. The molecule has 16 heteroatoms. The van der Waals surface area contributed by atoms with Gasteiger partial charge in [-0.1, -0.05) is 121 Å². The Kier molecular flexibility index (Phi) is 19.1. The first kappa shape index (κ1) is 55.0. The minimum absolute atomic E-state index is 0.0233. The number of hydrogen-bond acceptors (Lipinski definition) is 12. The topological polar surface area (TPSA) is 178 Å². The number of halogens is 2. The molecule has 0 N–H and O–H groups in total. The smallest absolute Gasteiger partial charge is 0.411 e. The molecule has 0 aliphatic carbocycles. The minimum Gasteiger partial charge on any atom is -0.489 e. The van der Waals surface area contributed by atoms with Crippen LogP contribution >= 0.6 is 0 Å². The van der Waals surface area contributed by atoms with E-state index in [2.05, 4.69) is 12.1 Å². The van der Waals surface area contributed by atoms with Crippen LogP contribution in [0, 0.1) is 34.3 Å². The Labute approximate surface area is 440 Å². The number of ether oxygens (including phenoxy) is 6. The predicted octanol–water partition coefficient (Wildman–Crippen LogP) is 12.2. The van der Waals surface area contributed by atoms with E-state index in [9.17, 15) is 38.5 Å². The normalized spacial score (nSPS) is 18.8. The van der Waals surface area contributed by atoms with E-state index in [1.807, 2.05) is 60.7 Å². The molecule has 2 fully saturated rings. The minimum atomic E-state index is -1.47. The van der Waals surface area contributed by atoms with Crippen LogP contribution in [0.25, 0.3) is 0 Å². The molecule has 76 heavy (non-hydrogen) atoms. The Morgan fingerprint density at radius 3 is 1.21 bits per heavy atom. The summed E-state index contributed by atoms with van der Waals surface area (Å²) in [5.41, 5.74) is 1.05. The fourth-order valence-corrected chi connectivity index (χ4v) is 9.74. The molecular formula is C60H58F2N4O10. The molecule has 8 rings (SSSR count). The van der Waals surface area contributed by atoms with Crippen molar-refractivity contribution in [1.29, 1.82) is 10.5 Å². The van der Waals surface area contributed by atoms with Gasteiger partial charge in [-0.25, -0.2) is 28.0 Å². The summed E-state index contributed by atoms with van der Waals surface area (Å²) in [7, 11) is 2.50. The number of rotatable bonds is 16. The molecule has 2 saturated heterocycles. The average molecular weight is 1030 g/mol. The summed E-state index contributed by atoms with van der Waals surface area (Å²) >= 11 is 0.